The molecule has 0 amide bonds. The molecule has 2 rings (SSSR count). The van der Waals surface area contributed by atoms with E-state index in [1.165, 1.54) is 11.3 Å². The van der Waals surface area contributed by atoms with E-state index in [-0.39, 0.29) is 0 Å². The number of para-hydroxylation sites is 1. The van der Waals surface area contributed by atoms with Gasteiger partial charge in [0.15, 0.2) is 0 Å². The van der Waals surface area contributed by atoms with Gasteiger partial charge in [0.2, 0.25) is 0 Å². The topological polar surface area (TPSA) is 34.0 Å². The SMILES string of the molecule is CNc1ccccc1[C@H]1CN1. The average Bonchev–Trinajstić information content (AvgIpc) is 2.87. The summed E-state index contributed by atoms with van der Waals surface area (Å²) in [5.41, 5.74) is 2.62. The van der Waals surface area contributed by atoms with Gasteiger partial charge in [0, 0.05) is 25.3 Å². The third-order valence-electron chi connectivity index (χ3n) is 2.01. The Morgan fingerprint density at radius 2 is 2.18 bits per heavy atom. The van der Waals surface area contributed by atoms with Crippen molar-refractivity contribution >= 4 is 5.69 Å². The van der Waals surface area contributed by atoms with Crippen LogP contribution in [-0.2, 0) is 0 Å². The fraction of sp³-hybridized carbons (Fsp3) is 0.333. The van der Waals surface area contributed by atoms with Crippen LogP contribution < -0.4 is 10.6 Å². The van der Waals surface area contributed by atoms with Crippen LogP contribution in [0, 0.1) is 0 Å². The Kier molecular flexibility index (Phi) is 1.55. The zero-order chi connectivity index (χ0) is 7.68. The monoisotopic (exact) mass is 148 g/mol. The van der Waals surface area contributed by atoms with Crippen molar-refractivity contribution in [2.45, 2.75) is 6.04 Å². The van der Waals surface area contributed by atoms with Crippen molar-refractivity contribution in [1.82, 2.24) is 5.32 Å². The Bertz CT molecular complexity index is 253. The van der Waals surface area contributed by atoms with Gasteiger partial charge in [-0.2, -0.15) is 0 Å². The summed E-state index contributed by atoms with van der Waals surface area (Å²) in [4.78, 5) is 0. The van der Waals surface area contributed by atoms with Crippen LogP contribution in [0.2, 0.25) is 0 Å². The summed E-state index contributed by atoms with van der Waals surface area (Å²) < 4.78 is 0. The smallest absolute Gasteiger partial charge is 0.0468 e. The van der Waals surface area contributed by atoms with E-state index in [2.05, 4.69) is 34.9 Å². The first-order valence-electron chi connectivity index (χ1n) is 3.92. The second-order valence-corrected chi connectivity index (χ2v) is 2.80. The zero-order valence-electron chi connectivity index (χ0n) is 6.59. The highest BCUT2D eigenvalue weighted by atomic mass is 15.1. The van der Waals surface area contributed by atoms with Crippen molar-refractivity contribution in [1.29, 1.82) is 0 Å². The molecule has 1 aliphatic heterocycles. The minimum Gasteiger partial charge on any atom is -0.388 e. The van der Waals surface area contributed by atoms with E-state index in [1.807, 2.05) is 7.05 Å². The van der Waals surface area contributed by atoms with Crippen LogP contribution in [0.25, 0.3) is 0 Å². The van der Waals surface area contributed by atoms with E-state index in [1.54, 1.807) is 0 Å². The van der Waals surface area contributed by atoms with Gasteiger partial charge in [0.05, 0.1) is 0 Å². The summed E-state index contributed by atoms with van der Waals surface area (Å²) >= 11 is 0. The molecule has 1 aromatic carbocycles. The lowest BCUT2D eigenvalue weighted by Crippen LogP contribution is -1.94. The molecule has 0 saturated carbocycles. The number of hydrogen-bond donors (Lipinski definition) is 2. The fourth-order valence-corrected chi connectivity index (χ4v) is 1.31. The van der Waals surface area contributed by atoms with Crippen LogP contribution in [-0.4, -0.2) is 13.6 Å². The zero-order valence-corrected chi connectivity index (χ0v) is 6.59. The molecule has 0 aliphatic carbocycles. The lowest BCUT2D eigenvalue weighted by atomic mass is 10.1. The van der Waals surface area contributed by atoms with Gasteiger partial charge in [-0.3, -0.25) is 0 Å². The molecule has 11 heavy (non-hydrogen) atoms. The molecule has 1 fully saturated rings. The van der Waals surface area contributed by atoms with Gasteiger partial charge in [0.25, 0.3) is 0 Å². The molecule has 58 valence electrons. The maximum Gasteiger partial charge on any atom is 0.0468 e. The van der Waals surface area contributed by atoms with Crippen molar-refractivity contribution in [3.63, 3.8) is 0 Å². The number of hydrogen-bond acceptors (Lipinski definition) is 2. The Labute approximate surface area is 66.6 Å². The summed E-state index contributed by atoms with van der Waals surface area (Å²) in [6.45, 7) is 1.12. The van der Waals surface area contributed by atoms with E-state index in [9.17, 15) is 0 Å². The van der Waals surface area contributed by atoms with Crippen LogP contribution in [0.5, 0.6) is 0 Å². The molecular formula is C9H12N2. The summed E-state index contributed by atoms with van der Waals surface area (Å²) in [7, 11) is 1.96. The quantitative estimate of drug-likeness (QED) is 0.621. The highest BCUT2D eigenvalue weighted by Crippen LogP contribution is 2.27. The number of rotatable bonds is 2. The van der Waals surface area contributed by atoms with E-state index in [0.29, 0.717) is 6.04 Å². The third-order valence-corrected chi connectivity index (χ3v) is 2.01. The van der Waals surface area contributed by atoms with E-state index in [0.717, 1.165) is 6.54 Å². The second kappa shape index (κ2) is 2.55. The van der Waals surface area contributed by atoms with E-state index >= 15 is 0 Å². The number of anilines is 1. The van der Waals surface area contributed by atoms with Gasteiger partial charge in [-0.1, -0.05) is 18.2 Å². The van der Waals surface area contributed by atoms with Gasteiger partial charge < -0.3 is 10.6 Å². The Balaban J connectivity index is 2.34. The summed E-state index contributed by atoms with van der Waals surface area (Å²) in [5.74, 6) is 0. The normalized spacial score (nSPS) is 21.4. The largest absolute Gasteiger partial charge is 0.388 e. The molecule has 1 aromatic rings. The van der Waals surface area contributed by atoms with Crippen LogP contribution in [0.4, 0.5) is 5.69 Å². The van der Waals surface area contributed by atoms with Gasteiger partial charge in [-0.05, 0) is 11.6 Å². The Hall–Kier alpha value is -1.02. The summed E-state index contributed by atoms with van der Waals surface area (Å²) in [6, 6.07) is 9.00. The molecule has 0 aromatic heterocycles. The van der Waals surface area contributed by atoms with Crippen molar-refractivity contribution in [2.75, 3.05) is 18.9 Å². The second-order valence-electron chi connectivity index (χ2n) is 2.80. The van der Waals surface area contributed by atoms with Crippen LogP contribution in [0.1, 0.15) is 11.6 Å². The molecule has 1 atom stereocenters. The first-order chi connectivity index (χ1) is 5.42. The Morgan fingerprint density at radius 1 is 1.45 bits per heavy atom. The van der Waals surface area contributed by atoms with Crippen molar-refractivity contribution in [3.05, 3.63) is 29.8 Å². The van der Waals surface area contributed by atoms with Crippen molar-refractivity contribution < 1.29 is 0 Å². The molecule has 2 N–H and O–H groups in total. The minimum absolute atomic E-state index is 0.596. The van der Waals surface area contributed by atoms with Gasteiger partial charge in [0.1, 0.15) is 0 Å². The molecule has 0 radical (unpaired) electrons. The van der Waals surface area contributed by atoms with E-state index in [4.69, 9.17) is 0 Å². The predicted octanol–water partition coefficient (Wildman–Crippen LogP) is 1.37. The fourth-order valence-electron chi connectivity index (χ4n) is 1.31. The molecule has 1 aliphatic rings. The van der Waals surface area contributed by atoms with E-state index < -0.39 is 0 Å². The maximum absolute atomic E-state index is 3.29. The van der Waals surface area contributed by atoms with Crippen molar-refractivity contribution in [3.8, 4) is 0 Å². The highest BCUT2D eigenvalue weighted by molar-refractivity contribution is 5.53. The molecule has 0 spiro atoms. The first kappa shape index (κ1) is 6.68. The third kappa shape index (κ3) is 1.21. The minimum atomic E-state index is 0.596. The molecule has 2 nitrogen and oxygen atoms in total. The summed E-state index contributed by atoms with van der Waals surface area (Å²) in [6.07, 6.45) is 0. The van der Waals surface area contributed by atoms with Crippen LogP contribution in [0.3, 0.4) is 0 Å². The molecule has 1 heterocycles. The van der Waals surface area contributed by atoms with Gasteiger partial charge in [-0.15, -0.1) is 0 Å². The van der Waals surface area contributed by atoms with Crippen LogP contribution >= 0.6 is 0 Å². The molecule has 0 unspecified atom stereocenters. The summed E-state index contributed by atoms with van der Waals surface area (Å²) in [5, 5.41) is 6.46. The number of nitrogens with one attached hydrogen (secondary N) is 2. The standard InChI is InChI=1S/C9H12N2/c1-10-8-5-3-2-4-7(8)9-6-11-9/h2-5,9-11H,6H2,1H3/t9-/m1/s1. The maximum atomic E-state index is 3.29. The molecular weight excluding hydrogens is 136 g/mol. The number of benzene rings is 1. The predicted molar refractivity (Wildman–Crippen MR) is 46.7 cm³/mol. The van der Waals surface area contributed by atoms with Gasteiger partial charge >= 0.3 is 0 Å². The Morgan fingerprint density at radius 3 is 2.82 bits per heavy atom. The lowest BCUT2D eigenvalue weighted by Gasteiger charge is -2.05. The highest BCUT2D eigenvalue weighted by Gasteiger charge is 2.23. The lowest BCUT2D eigenvalue weighted by molar-refractivity contribution is 1.08. The average molecular weight is 148 g/mol. The van der Waals surface area contributed by atoms with Gasteiger partial charge in [-0.25, -0.2) is 0 Å². The van der Waals surface area contributed by atoms with Crippen molar-refractivity contribution in [2.24, 2.45) is 0 Å². The molecule has 0 bridgehead atoms. The molecule has 1 saturated heterocycles. The first-order valence-corrected chi connectivity index (χ1v) is 3.92. The molecule has 2 heteroatoms. The van der Waals surface area contributed by atoms with Crippen LogP contribution in [0.15, 0.2) is 24.3 Å².